The van der Waals surface area contributed by atoms with Crippen LogP contribution in [0, 0.1) is 13.8 Å². The van der Waals surface area contributed by atoms with Crippen LogP contribution >= 0.6 is 0 Å². The topological polar surface area (TPSA) is 61.9 Å². The molecule has 1 aromatic carbocycles. The molecule has 0 aromatic heterocycles. The van der Waals surface area contributed by atoms with Gasteiger partial charge in [0.15, 0.2) is 0 Å². The quantitative estimate of drug-likeness (QED) is 0.895. The molecule has 1 N–H and O–H groups in total. The van der Waals surface area contributed by atoms with E-state index in [1.165, 1.54) is 5.56 Å². The summed E-state index contributed by atoms with van der Waals surface area (Å²) in [5.74, 6) is 0.0215. The van der Waals surface area contributed by atoms with Crippen molar-refractivity contribution in [3.8, 4) is 0 Å². The van der Waals surface area contributed by atoms with Gasteiger partial charge in [-0.15, -0.1) is 0 Å². The van der Waals surface area contributed by atoms with Crippen LogP contribution in [0.5, 0.6) is 0 Å². The maximum atomic E-state index is 12.2. The molecule has 0 aliphatic carbocycles. The number of piperazine rings is 1. The average molecular weight is 361 g/mol. The lowest BCUT2D eigenvalue weighted by atomic mass is 10.1. The predicted octanol–water partition coefficient (Wildman–Crippen LogP) is 3.18. The van der Waals surface area contributed by atoms with Gasteiger partial charge in [-0.2, -0.15) is 0 Å². The van der Waals surface area contributed by atoms with Crippen molar-refractivity contribution in [2.75, 3.05) is 38.0 Å². The minimum absolute atomic E-state index is 0.0215. The van der Waals surface area contributed by atoms with Gasteiger partial charge < -0.3 is 15.0 Å². The van der Waals surface area contributed by atoms with Gasteiger partial charge in [0.2, 0.25) is 5.91 Å². The van der Waals surface area contributed by atoms with E-state index in [0.29, 0.717) is 26.1 Å². The van der Waals surface area contributed by atoms with Gasteiger partial charge in [0, 0.05) is 44.8 Å². The number of anilines is 1. The molecular formula is C20H31N3O3. The highest BCUT2D eigenvalue weighted by molar-refractivity contribution is 5.91. The minimum Gasteiger partial charge on any atom is -0.444 e. The van der Waals surface area contributed by atoms with Crippen LogP contribution in [0.25, 0.3) is 0 Å². The Morgan fingerprint density at radius 1 is 1.12 bits per heavy atom. The SMILES string of the molecule is Cc1cccc(NC(=O)CCN2CCN(C(=O)OC(C)(C)C)CC2)c1C. The molecule has 0 spiro atoms. The maximum Gasteiger partial charge on any atom is 0.410 e. The lowest BCUT2D eigenvalue weighted by molar-refractivity contribution is -0.116. The highest BCUT2D eigenvalue weighted by atomic mass is 16.6. The van der Waals surface area contributed by atoms with Crippen molar-refractivity contribution < 1.29 is 14.3 Å². The van der Waals surface area contributed by atoms with Gasteiger partial charge in [0.1, 0.15) is 5.60 Å². The molecule has 1 saturated heterocycles. The Morgan fingerprint density at radius 3 is 2.38 bits per heavy atom. The summed E-state index contributed by atoms with van der Waals surface area (Å²) in [5, 5.41) is 2.99. The summed E-state index contributed by atoms with van der Waals surface area (Å²) in [5.41, 5.74) is 2.68. The third-order valence-electron chi connectivity index (χ3n) is 4.56. The van der Waals surface area contributed by atoms with E-state index in [2.05, 4.69) is 10.2 Å². The smallest absolute Gasteiger partial charge is 0.410 e. The summed E-state index contributed by atoms with van der Waals surface area (Å²) in [4.78, 5) is 28.2. The van der Waals surface area contributed by atoms with Crippen LogP contribution in [0.3, 0.4) is 0 Å². The molecule has 0 saturated carbocycles. The molecular weight excluding hydrogens is 330 g/mol. The summed E-state index contributed by atoms with van der Waals surface area (Å²) in [6.45, 7) is 13.1. The summed E-state index contributed by atoms with van der Waals surface area (Å²) < 4.78 is 5.40. The Labute approximate surface area is 156 Å². The Balaban J connectivity index is 1.73. The first kappa shape index (κ1) is 20.2. The average Bonchev–Trinajstić information content (AvgIpc) is 2.56. The van der Waals surface area contributed by atoms with E-state index in [1.54, 1.807) is 4.90 Å². The van der Waals surface area contributed by atoms with Crippen molar-refractivity contribution in [3.63, 3.8) is 0 Å². The van der Waals surface area contributed by atoms with E-state index in [-0.39, 0.29) is 12.0 Å². The van der Waals surface area contributed by atoms with Crippen LogP contribution in [-0.4, -0.2) is 60.1 Å². The molecule has 1 fully saturated rings. The van der Waals surface area contributed by atoms with Crippen molar-refractivity contribution in [2.45, 2.75) is 46.6 Å². The summed E-state index contributed by atoms with van der Waals surface area (Å²) >= 11 is 0. The van der Waals surface area contributed by atoms with E-state index in [4.69, 9.17) is 4.74 Å². The second-order valence-electron chi connectivity index (χ2n) is 7.85. The van der Waals surface area contributed by atoms with E-state index in [1.807, 2.05) is 52.8 Å². The summed E-state index contributed by atoms with van der Waals surface area (Å²) in [7, 11) is 0. The molecule has 6 heteroatoms. The lowest BCUT2D eigenvalue weighted by Crippen LogP contribution is -2.50. The summed E-state index contributed by atoms with van der Waals surface area (Å²) in [6, 6.07) is 5.92. The van der Waals surface area contributed by atoms with Crippen LogP contribution in [0.15, 0.2) is 18.2 Å². The molecule has 144 valence electrons. The van der Waals surface area contributed by atoms with E-state index < -0.39 is 5.60 Å². The van der Waals surface area contributed by atoms with Gasteiger partial charge in [-0.05, 0) is 51.8 Å². The first-order chi connectivity index (χ1) is 12.2. The molecule has 2 amide bonds. The van der Waals surface area contributed by atoms with E-state index in [0.717, 1.165) is 24.3 Å². The molecule has 1 aliphatic heterocycles. The number of nitrogens with zero attached hydrogens (tertiary/aromatic N) is 2. The number of carbonyl (C=O) groups is 2. The van der Waals surface area contributed by atoms with E-state index in [9.17, 15) is 9.59 Å². The van der Waals surface area contributed by atoms with Crippen LogP contribution in [0.2, 0.25) is 0 Å². The van der Waals surface area contributed by atoms with Gasteiger partial charge >= 0.3 is 6.09 Å². The number of rotatable bonds is 4. The van der Waals surface area contributed by atoms with E-state index >= 15 is 0 Å². The molecule has 0 atom stereocenters. The third-order valence-corrected chi connectivity index (χ3v) is 4.56. The molecule has 1 aromatic rings. The standard InChI is InChI=1S/C20H31N3O3/c1-15-7-6-8-17(16(15)2)21-18(24)9-10-22-11-13-23(14-12-22)19(25)26-20(3,4)5/h6-8H,9-14H2,1-5H3,(H,21,24). The second kappa shape index (κ2) is 8.54. The number of ether oxygens (including phenoxy) is 1. The number of hydrogen-bond donors (Lipinski definition) is 1. The van der Waals surface area contributed by atoms with Gasteiger partial charge in [-0.1, -0.05) is 12.1 Å². The summed E-state index contributed by atoms with van der Waals surface area (Å²) in [6.07, 6.45) is 0.185. The molecule has 26 heavy (non-hydrogen) atoms. The molecule has 0 radical (unpaired) electrons. The fourth-order valence-electron chi connectivity index (χ4n) is 2.84. The maximum absolute atomic E-state index is 12.2. The highest BCUT2D eigenvalue weighted by Crippen LogP contribution is 2.18. The number of hydrogen-bond acceptors (Lipinski definition) is 4. The van der Waals surface area contributed by atoms with Gasteiger partial charge in [-0.3, -0.25) is 9.69 Å². The minimum atomic E-state index is -0.472. The fourth-order valence-corrected chi connectivity index (χ4v) is 2.84. The molecule has 1 heterocycles. The van der Waals surface area contributed by atoms with Crippen LogP contribution in [0.4, 0.5) is 10.5 Å². The first-order valence-corrected chi connectivity index (χ1v) is 9.22. The Kier molecular flexibility index (Phi) is 6.64. The van der Waals surface area contributed by atoms with Crippen molar-refractivity contribution in [1.29, 1.82) is 0 Å². The Hall–Kier alpha value is -2.08. The third kappa shape index (κ3) is 6.02. The predicted molar refractivity (Wildman–Crippen MR) is 103 cm³/mol. The molecule has 0 unspecified atom stereocenters. The monoisotopic (exact) mass is 361 g/mol. The fraction of sp³-hybridized carbons (Fsp3) is 0.600. The molecule has 1 aliphatic rings. The lowest BCUT2D eigenvalue weighted by Gasteiger charge is -2.35. The van der Waals surface area contributed by atoms with Gasteiger partial charge in [-0.25, -0.2) is 4.79 Å². The highest BCUT2D eigenvalue weighted by Gasteiger charge is 2.25. The van der Waals surface area contributed by atoms with Crippen molar-refractivity contribution in [2.24, 2.45) is 0 Å². The Morgan fingerprint density at radius 2 is 1.77 bits per heavy atom. The number of nitrogens with one attached hydrogen (secondary N) is 1. The molecule has 0 bridgehead atoms. The zero-order valence-electron chi connectivity index (χ0n) is 16.6. The van der Waals surface area contributed by atoms with Crippen molar-refractivity contribution in [1.82, 2.24) is 9.80 Å². The van der Waals surface area contributed by atoms with Crippen molar-refractivity contribution >= 4 is 17.7 Å². The number of carbonyl (C=O) groups excluding carboxylic acids is 2. The first-order valence-electron chi connectivity index (χ1n) is 9.22. The van der Waals surface area contributed by atoms with Gasteiger partial charge in [0.25, 0.3) is 0 Å². The van der Waals surface area contributed by atoms with Crippen molar-refractivity contribution in [3.05, 3.63) is 29.3 Å². The normalized spacial score (nSPS) is 15.7. The van der Waals surface area contributed by atoms with Gasteiger partial charge in [0.05, 0.1) is 0 Å². The molecule has 6 nitrogen and oxygen atoms in total. The number of amides is 2. The zero-order valence-corrected chi connectivity index (χ0v) is 16.6. The zero-order chi connectivity index (χ0) is 19.3. The number of benzene rings is 1. The van der Waals surface area contributed by atoms with Crippen LogP contribution < -0.4 is 5.32 Å². The Bertz CT molecular complexity index is 644. The van der Waals surface area contributed by atoms with Crippen LogP contribution in [-0.2, 0) is 9.53 Å². The number of aryl methyl sites for hydroxylation is 1. The molecule has 2 rings (SSSR count). The largest absolute Gasteiger partial charge is 0.444 e. The van der Waals surface area contributed by atoms with Crippen LogP contribution in [0.1, 0.15) is 38.3 Å². The second-order valence-corrected chi connectivity index (χ2v) is 7.85.